The number of rotatable bonds is 6. The lowest BCUT2D eigenvalue weighted by Gasteiger charge is -2.20. The van der Waals surface area contributed by atoms with Gasteiger partial charge in [0.2, 0.25) is 0 Å². The predicted octanol–water partition coefficient (Wildman–Crippen LogP) is 3.11. The van der Waals surface area contributed by atoms with Crippen LogP contribution in [0.25, 0.3) is 11.0 Å². The number of carbonyl (C=O) groups excluding carboxylic acids is 1. The minimum Gasteiger partial charge on any atom is -0.508 e. The zero-order chi connectivity index (χ0) is 18.7. The average Bonchev–Trinajstić information content (AvgIpc) is 3.14. The normalized spacial score (nSPS) is 12.0. The van der Waals surface area contributed by atoms with Crippen LogP contribution in [0, 0.1) is 0 Å². The van der Waals surface area contributed by atoms with Gasteiger partial charge in [0, 0.05) is 11.5 Å². The molecule has 7 nitrogen and oxygen atoms in total. The van der Waals surface area contributed by atoms with Gasteiger partial charge < -0.3 is 19.3 Å². The van der Waals surface area contributed by atoms with Crippen molar-refractivity contribution in [1.82, 2.24) is 8.75 Å². The number of esters is 1. The van der Waals surface area contributed by atoms with E-state index < -0.39 is 11.9 Å². The third-order valence-corrected chi connectivity index (χ3v) is 4.74. The Morgan fingerprint density at radius 3 is 2.58 bits per heavy atom. The Balaban J connectivity index is 2.18. The number of methoxy groups -OCH3 is 3. The van der Waals surface area contributed by atoms with Crippen molar-refractivity contribution < 1.29 is 24.1 Å². The van der Waals surface area contributed by atoms with Gasteiger partial charge >= 0.3 is 5.97 Å². The lowest BCUT2D eigenvalue weighted by atomic mass is 9.87. The number of phenols is 1. The fraction of sp³-hybridized carbons (Fsp3) is 0.278. The summed E-state index contributed by atoms with van der Waals surface area (Å²) in [6, 6.07) is 8.62. The van der Waals surface area contributed by atoms with Crippen LogP contribution < -0.4 is 9.47 Å². The van der Waals surface area contributed by atoms with Gasteiger partial charge in [0.15, 0.2) is 11.5 Å². The van der Waals surface area contributed by atoms with Crippen molar-refractivity contribution in [3.05, 3.63) is 41.5 Å². The molecule has 0 amide bonds. The van der Waals surface area contributed by atoms with E-state index in [0.29, 0.717) is 28.1 Å². The van der Waals surface area contributed by atoms with Crippen molar-refractivity contribution in [2.45, 2.75) is 12.3 Å². The van der Waals surface area contributed by atoms with E-state index in [0.717, 1.165) is 17.3 Å². The van der Waals surface area contributed by atoms with Gasteiger partial charge in [-0.25, -0.2) is 0 Å². The second-order valence-corrected chi connectivity index (χ2v) is 6.11. The quantitative estimate of drug-likeness (QED) is 0.663. The van der Waals surface area contributed by atoms with Crippen LogP contribution in [-0.4, -0.2) is 41.2 Å². The van der Waals surface area contributed by atoms with Crippen molar-refractivity contribution >= 4 is 28.7 Å². The minimum absolute atomic E-state index is 0.0379. The van der Waals surface area contributed by atoms with E-state index in [1.165, 1.54) is 7.11 Å². The summed E-state index contributed by atoms with van der Waals surface area (Å²) in [6.45, 7) is 0. The van der Waals surface area contributed by atoms with Crippen molar-refractivity contribution in [2.75, 3.05) is 21.3 Å². The number of hydrogen-bond acceptors (Lipinski definition) is 8. The molecule has 0 radical (unpaired) electrons. The second kappa shape index (κ2) is 7.57. The molecule has 0 aliphatic heterocycles. The first kappa shape index (κ1) is 17.9. The van der Waals surface area contributed by atoms with Gasteiger partial charge in [0.05, 0.1) is 39.5 Å². The molecular formula is C18H18N2O5S. The standard InChI is InChI=1S/C18H18N2O5S/c1-23-14-7-4-10(8-15(14)24-2)11(9-16(22)25-3)17-13(21)6-5-12-18(17)20-26-19-12/h4-8,11,21H,9H2,1-3H3/t11-/m1/s1. The lowest BCUT2D eigenvalue weighted by Crippen LogP contribution is -2.11. The highest BCUT2D eigenvalue weighted by Gasteiger charge is 2.26. The molecule has 0 fully saturated rings. The summed E-state index contributed by atoms with van der Waals surface area (Å²) in [7, 11) is 4.43. The summed E-state index contributed by atoms with van der Waals surface area (Å²) in [5.74, 6) is 0.280. The monoisotopic (exact) mass is 374 g/mol. The maximum absolute atomic E-state index is 12.0. The molecule has 1 heterocycles. The average molecular weight is 374 g/mol. The number of ether oxygens (including phenoxy) is 3. The molecule has 26 heavy (non-hydrogen) atoms. The molecule has 0 aliphatic carbocycles. The molecule has 0 bridgehead atoms. The Hall–Kier alpha value is -2.87. The Labute approximate surface area is 154 Å². The van der Waals surface area contributed by atoms with E-state index in [9.17, 15) is 9.90 Å². The molecule has 1 N–H and O–H groups in total. The van der Waals surface area contributed by atoms with Crippen LogP contribution in [0.2, 0.25) is 0 Å². The van der Waals surface area contributed by atoms with Crippen LogP contribution in [0.15, 0.2) is 30.3 Å². The Bertz CT molecular complexity index is 940. The number of benzene rings is 2. The molecule has 1 atom stereocenters. The number of aromatic hydroxyl groups is 1. The molecule has 2 aromatic carbocycles. The molecule has 0 unspecified atom stereocenters. The van der Waals surface area contributed by atoms with Gasteiger partial charge in [0.1, 0.15) is 16.8 Å². The van der Waals surface area contributed by atoms with E-state index in [2.05, 4.69) is 8.75 Å². The van der Waals surface area contributed by atoms with Crippen molar-refractivity contribution in [1.29, 1.82) is 0 Å². The first-order valence-electron chi connectivity index (χ1n) is 7.82. The summed E-state index contributed by atoms with van der Waals surface area (Å²) < 4.78 is 24.0. The van der Waals surface area contributed by atoms with E-state index in [4.69, 9.17) is 14.2 Å². The fourth-order valence-corrected chi connectivity index (χ4v) is 3.46. The van der Waals surface area contributed by atoms with Crippen LogP contribution in [-0.2, 0) is 9.53 Å². The molecule has 0 aliphatic rings. The van der Waals surface area contributed by atoms with E-state index >= 15 is 0 Å². The maximum atomic E-state index is 12.0. The van der Waals surface area contributed by atoms with Crippen molar-refractivity contribution in [3.8, 4) is 17.2 Å². The van der Waals surface area contributed by atoms with Gasteiger partial charge in [-0.05, 0) is 29.8 Å². The maximum Gasteiger partial charge on any atom is 0.306 e. The zero-order valence-electron chi connectivity index (χ0n) is 14.6. The van der Waals surface area contributed by atoms with E-state index in [1.807, 2.05) is 6.07 Å². The van der Waals surface area contributed by atoms with Crippen LogP contribution in [0.3, 0.4) is 0 Å². The van der Waals surface area contributed by atoms with Crippen molar-refractivity contribution in [2.24, 2.45) is 0 Å². The first-order chi connectivity index (χ1) is 12.6. The molecule has 3 aromatic rings. The van der Waals surface area contributed by atoms with E-state index in [-0.39, 0.29) is 12.2 Å². The van der Waals surface area contributed by atoms with E-state index in [1.54, 1.807) is 38.5 Å². The number of carbonyl (C=O) groups is 1. The van der Waals surface area contributed by atoms with Gasteiger partial charge in [-0.3, -0.25) is 4.79 Å². The van der Waals surface area contributed by atoms with Crippen molar-refractivity contribution in [3.63, 3.8) is 0 Å². The first-order valence-corrected chi connectivity index (χ1v) is 8.55. The van der Waals surface area contributed by atoms with Crippen LogP contribution in [0.5, 0.6) is 17.2 Å². The second-order valence-electron chi connectivity index (χ2n) is 5.58. The Morgan fingerprint density at radius 1 is 1.12 bits per heavy atom. The van der Waals surface area contributed by atoms with Gasteiger partial charge in [-0.2, -0.15) is 8.75 Å². The van der Waals surface area contributed by atoms with Crippen LogP contribution >= 0.6 is 11.7 Å². The third kappa shape index (κ3) is 3.28. The number of hydrogen-bond donors (Lipinski definition) is 1. The number of nitrogens with zero attached hydrogens (tertiary/aromatic N) is 2. The molecular weight excluding hydrogens is 356 g/mol. The van der Waals surface area contributed by atoms with Gasteiger partial charge in [-0.1, -0.05) is 6.07 Å². The number of fused-ring (bicyclic) bond motifs is 1. The summed E-state index contributed by atoms with van der Waals surface area (Å²) in [6.07, 6.45) is 0.0379. The van der Waals surface area contributed by atoms with Gasteiger partial charge in [0.25, 0.3) is 0 Å². The Kier molecular flexibility index (Phi) is 5.22. The number of phenolic OH excluding ortho intramolecular Hbond substituents is 1. The summed E-state index contributed by atoms with van der Waals surface area (Å²) in [4.78, 5) is 12.0. The molecule has 0 saturated heterocycles. The molecule has 136 valence electrons. The molecule has 1 aromatic heterocycles. The summed E-state index contributed by atoms with van der Waals surface area (Å²) >= 11 is 1.05. The third-order valence-electron chi connectivity index (χ3n) is 4.20. The highest BCUT2D eigenvalue weighted by molar-refractivity contribution is 7.00. The topological polar surface area (TPSA) is 90.8 Å². The van der Waals surface area contributed by atoms with Crippen LogP contribution in [0.4, 0.5) is 0 Å². The SMILES string of the molecule is COC(=O)C[C@H](c1ccc(OC)c(OC)c1)c1c(O)ccc2nsnc12. The Morgan fingerprint density at radius 2 is 1.88 bits per heavy atom. The largest absolute Gasteiger partial charge is 0.508 e. The number of aromatic nitrogens is 2. The zero-order valence-corrected chi connectivity index (χ0v) is 15.4. The van der Waals surface area contributed by atoms with Crippen LogP contribution in [0.1, 0.15) is 23.5 Å². The highest BCUT2D eigenvalue weighted by atomic mass is 32.1. The molecule has 0 spiro atoms. The molecule has 3 rings (SSSR count). The smallest absolute Gasteiger partial charge is 0.306 e. The molecule has 0 saturated carbocycles. The fourth-order valence-electron chi connectivity index (χ4n) is 2.91. The predicted molar refractivity (Wildman–Crippen MR) is 97.1 cm³/mol. The lowest BCUT2D eigenvalue weighted by molar-refractivity contribution is -0.140. The summed E-state index contributed by atoms with van der Waals surface area (Å²) in [5, 5.41) is 10.5. The molecule has 8 heteroatoms. The highest BCUT2D eigenvalue weighted by Crippen LogP contribution is 2.41. The summed E-state index contributed by atoms with van der Waals surface area (Å²) in [5.41, 5.74) is 2.54. The minimum atomic E-state index is -0.477. The van der Waals surface area contributed by atoms with Gasteiger partial charge in [-0.15, -0.1) is 0 Å².